The van der Waals surface area contributed by atoms with Gasteiger partial charge in [0.1, 0.15) is 11.1 Å². The Morgan fingerprint density at radius 1 is 1.38 bits per heavy atom. The summed E-state index contributed by atoms with van der Waals surface area (Å²) < 4.78 is 50.0. The smallest absolute Gasteiger partial charge is 0.410 e. The number of halogens is 3. The molecular formula is C19H26F3N5O2. The topological polar surface area (TPSA) is 71.8 Å². The lowest BCUT2D eigenvalue weighted by molar-refractivity contribution is -0.0771. The molecule has 1 aliphatic rings. The summed E-state index contributed by atoms with van der Waals surface area (Å²) in [6.07, 6.45) is 0.493. The zero-order valence-corrected chi connectivity index (χ0v) is 17.2. The average molecular weight is 413 g/mol. The van der Waals surface area contributed by atoms with E-state index in [-0.39, 0.29) is 30.3 Å². The van der Waals surface area contributed by atoms with Gasteiger partial charge in [-0.25, -0.2) is 27.5 Å². The highest BCUT2D eigenvalue weighted by atomic mass is 19.3. The van der Waals surface area contributed by atoms with Crippen molar-refractivity contribution < 1.29 is 22.7 Å². The number of anilines is 1. The Morgan fingerprint density at radius 3 is 2.66 bits per heavy atom. The minimum absolute atomic E-state index is 0.00624. The molecule has 1 fully saturated rings. The highest BCUT2D eigenvalue weighted by Gasteiger charge is 2.47. The second-order valence-corrected chi connectivity index (χ2v) is 8.60. The third-order valence-electron chi connectivity index (χ3n) is 4.64. The van der Waals surface area contributed by atoms with Crippen LogP contribution in [-0.4, -0.2) is 56.2 Å². The lowest BCUT2D eigenvalue weighted by atomic mass is 10.0. The van der Waals surface area contributed by atoms with Crippen molar-refractivity contribution in [2.24, 2.45) is 0 Å². The molecule has 1 atom stereocenters. The van der Waals surface area contributed by atoms with Crippen LogP contribution in [0.1, 0.15) is 52.7 Å². The van der Waals surface area contributed by atoms with Gasteiger partial charge in [-0.05, 0) is 39.2 Å². The number of rotatable bonds is 3. The molecule has 0 bridgehead atoms. The summed E-state index contributed by atoms with van der Waals surface area (Å²) in [5, 5.41) is 6.85. The average Bonchev–Trinajstić information content (AvgIpc) is 2.91. The fraction of sp³-hybridized carbons (Fsp3) is 0.632. The molecule has 2 aromatic heterocycles. The lowest BCUT2D eigenvalue weighted by Gasteiger charge is -2.38. The summed E-state index contributed by atoms with van der Waals surface area (Å²) in [7, 11) is 0. The molecule has 1 aliphatic heterocycles. The number of carbonyl (C=O) groups is 1. The first-order valence-corrected chi connectivity index (χ1v) is 9.54. The fourth-order valence-corrected chi connectivity index (χ4v) is 3.21. The molecule has 1 N–H and O–H groups in total. The molecule has 29 heavy (non-hydrogen) atoms. The van der Waals surface area contributed by atoms with Crippen LogP contribution in [0.25, 0.3) is 5.52 Å². The molecule has 0 spiro atoms. The number of aromatic nitrogens is 3. The standard InChI is InChI=1S/C19H26F3N5O2/c1-11(2)13-8-12(20)14-9-23-16(25-27(13)14)24-15-6-7-26(10-19(15,21)22)17(28)29-18(3,4)5/h8-9,11,15H,6-7,10H2,1-5H3,(H,24,25)/t15-/m1/s1. The fourth-order valence-electron chi connectivity index (χ4n) is 3.21. The van der Waals surface area contributed by atoms with E-state index in [9.17, 15) is 18.0 Å². The number of hydrogen-bond donors (Lipinski definition) is 1. The first-order chi connectivity index (χ1) is 13.4. The van der Waals surface area contributed by atoms with E-state index in [0.29, 0.717) is 5.69 Å². The Labute approximate surface area is 167 Å². The van der Waals surface area contributed by atoms with Crippen molar-refractivity contribution in [3.63, 3.8) is 0 Å². The van der Waals surface area contributed by atoms with E-state index in [4.69, 9.17) is 4.74 Å². The van der Waals surface area contributed by atoms with Gasteiger partial charge in [-0.3, -0.25) is 0 Å². The van der Waals surface area contributed by atoms with E-state index in [2.05, 4.69) is 15.4 Å². The third-order valence-corrected chi connectivity index (χ3v) is 4.64. The number of carbonyl (C=O) groups excluding carboxylic acids is 1. The van der Waals surface area contributed by atoms with E-state index >= 15 is 0 Å². The highest BCUT2D eigenvalue weighted by Crippen LogP contribution is 2.30. The minimum atomic E-state index is -3.21. The molecular weight excluding hydrogens is 387 g/mol. The molecule has 0 aromatic carbocycles. The monoisotopic (exact) mass is 413 g/mol. The minimum Gasteiger partial charge on any atom is -0.444 e. The van der Waals surface area contributed by atoms with Crippen molar-refractivity contribution in [2.75, 3.05) is 18.4 Å². The number of hydrogen-bond acceptors (Lipinski definition) is 5. The summed E-state index contributed by atoms with van der Waals surface area (Å²) in [5.74, 6) is -3.70. The van der Waals surface area contributed by atoms with Gasteiger partial charge in [0, 0.05) is 12.2 Å². The van der Waals surface area contributed by atoms with Crippen LogP contribution in [0.2, 0.25) is 0 Å². The van der Waals surface area contributed by atoms with E-state index in [1.165, 1.54) is 16.8 Å². The number of likely N-dealkylation sites (tertiary alicyclic amines) is 1. The van der Waals surface area contributed by atoms with Crippen molar-refractivity contribution in [3.8, 4) is 0 Å². The maximum atomic E-state index is 14.7. The largest absolute Gasteiger partial charge is 0.444 e. The molecule has 0 saturated carbocycles. The Kier molecular flexibility index (Phi) is 5.40. The predicted octanol–water partition coefficient (Wildman–Crippen LogP) is 4.05. The van der Waals surface area contributed by atoms with Gasteiger partial charge < -0.3 is 15.0 Å². The van der Waals surface area contributed by atoms with Gasteiger partial charge >= 0.3 is 6.09 Å². The van der Waals surface area contributed by atoms with Crippen LogP contribution < -0.4 is 5.32 Å². The quantitative estimate of drug-likeness (QED) is 0.822. The van der Waals surface area contributed by atoms with E-state index in [1.807, 2.05) is 13.8 Å². The summed E-state index contributed by atoms with van der Waals surface area (Å²) in [6, 6.07) is 0.105. The predicted molar refractivity (Wildman–Crippen MR) is 102 cm³/mol. The van der Waals surface area contributed by atoms with Crippen molar-refractivity contribution in [1.82, 2.24) is 19.5 Å². The second kappa shape index (κ2) is 7.38. The third kappa shape index (κ3) is 4.56. The number of fused-ring (bicyclic) bond motifs is 1. The van der Waals surface area contributed by atoms with Crippen LogP contribution in [0.5, 0.6) is 0 Å². The molecule has 3 rings (SSSR count). The maximum absolute atomic E-state index is 14.7. The molecule has 7 nitrogen and oxygen atoms in total. The molecule has 0 aliphatic carbocycles. The van der Waals surface area contributed by atoms with Gasteiger partial charge in [0.15, 0.2) is 5.82 Å². The summed E-state index contributed by atoms with van der Waals surface area (Å²) in [4.78, 5) is 17.1. The summed E-state index contributed by atoms with van der Waals surface area (Å²) in [6.45, 7) is 8.16. The molecule has 3 heterocycles. The molecule has 2 aromatic rings. The van der Waals surface area contributed by atoms with Crippen molar-refractivity contribution in [1.29, 1.82) is 0 Å². The normalized spacial score (nSPS) is 19.6. The zero-order chi connectivity index (χ0) is 21.6. The maximum Gasteiger partial charge on any atom is 0.410 e. The number of piperidine rings is 1. The summed E-state index contributed by atoms with van der Waals surface area (Å²) >= 11 is 0. The van der Waals surface area contributed by atoms with Crippen molar-refractivity contribution in [2.45, 2.75) is 64.5 Å². The van der Waals surface area contributed by atoms with Gasteiger partial charge in [-0.15, -0.1) is 5.10 Å². The first kappa shape index (κ1) is 21.2. The van der Waals surface area contributed by atoms with Gasteiger partial charge in [0.25, 0.3) is 5.92 Å². The van der Waals surface area contributed by atoms with Crippen LogP contribution in [0.15, 0.2) is 12.3 Å². The molecule has 10 heteroatoms. The van der Waals surface area contributed by atoms with Crippen LogP contribution in [0.3, 0.4) is 0 Å². The number of nitrogens with one attached hydrogen (secondary N) is 1. The number of amides is 1. The number of nitrogens with zero attached hydrogens (tertiary/aromatic N) is 4. The molecule has 0 unspecified atom stereocenters. The number of alkyl halides is 2. The van der Waals surface area contributed by atoms with E-state index in [1.54, 1.807) is 20.8 Å². The van der Waals surface area contributed by atoms with Crippen LogP contribution >= 0.6 is 0 Å². The molecule has 0 radical (unpaired) electrons. The van der Waals surface area contributed by atoms with Crippen molar-refractivity contribution in [3.05, 3.63) is 23.8 Å². The molecule has 1 saturated heterocycles. The Morgan fingerprint density at radius 2 is 2.07 bits per heavy atom. The highest BCUT2D eigenvalue weighted by molar-refractivity contribution is 5.68. The van der Waals surface area contributed by atoms with E-state index in [0.717, 1.165) is 4.90 Å². The lowest BCUT2D eigenvalue weighted by Crippen LogP contribution is -2.56. The van der Waals surface area contributed by atoms with Crippen LogP contribution in [0.4, 0.5) is 23.9 Å². The first-order valence-electron chi connectivity index (χ1n) is 9.54. The number of ether oxygens (including phenoxy) is 1. The Hall–Kier alpha value is -2.52. The Bertz CT molecular complexity index is 907. The van der Waals surface area contributed by atoms with Gasteiger partial charge in [0.05, 0.1) is 18.8 Å². The Balaban J connectivity index is 1.76. The van der Waals surface area contributed by atoms with Gasteiger partial charge in [-0.1, -0.05) is 13.8 Å². The van der Waals surface area contributed by atoms with Crippen LogP contribution in [-0.2, 0) is 4.74 Å². The van der Waals surface area contributed by atoms with Crippen LogP contribution in [0, 0.1) is 5.82 Å². The summed E-state index contributed by atoms with van der Waals surface area (Å²) in [5.41, 5.74) is 0.0467. The second-order valence-electron chi connectivity index (χ2n) is 8.60. The zero-order valence-electron chi connectivity index (χ0n) is 17.2. The molecule has 1 amide bonds. The van der Waals surface area contributed by atoms with Gasteiger partial charge in [0.2, 0.25) is 5.95 Å². The van der Waals surface area contributed by atoms with E-state index < -0.39 is 36.0 Å². The SMILES string of the molecule is CC(C)c1cc(F)c2cnc(N[C@@H]3CCN(C(=O)OC(C)(C)C)CC3(F)F)nn12. The van der Waals surface area contributed by atoms with Gasteiger partial charge in [-0.2, -0.15) is 0 Å². The molecule has 160 valence electrons. The van der Waals surface area contributed by atoms with Crippen molar-refractivity contribution >= 4 is 17.6 Å².